The van der Waals surface area contributed by atoms with Crippen LogP contribution in [0.25, 0.3) is 0 Å². The Morgan fingerprint density at radius 1 is 1.61 bits per heavy atom. The molecule has 7 nitrogen and oxygen atoms in total. The molecule has 0 spiro atoms. The molecular weight excluding hydrogens is 240 g/mol. The van der Waals surface area contributed by atoms with Gasteiger partial charge in [0, 0.05) is 18.5 Å². The van der Waals surface area contributed by atoms with Gasteiger partial charge in [0.1, 0.15) is 12.4 Å². The van der Waals surface area contributed by atoms with E-state index in [1.165, 1.54) is 11.0 Å². The minimum Gasteiger partial charge on any atom is -0.476 e. The fourth-order valence-electron chi connectivity index (χ4n) is 1.75. The number of carbonyl (C=O) groups excluding carboxylic acids is 1. The molecule has 0 unspecified atom stereocenters. The largest absolute Gasteiger partial charge is 0.476 e. The normalized spacial score (nSPS) is 13.9. The maximum absolute atomic E-state index is 11.6. The summed E-state index contributed by atoms with van der Waals surface area (Å²) in [4.78, 5) is 24.0. The fourth-order valence-corrected chi connectivity index (χ4v) is 1.75. The monoisotopic (exact) mass is 252 g/mol. The first-order chi connectivity index (χ1) is 8.63. The van der Waals surface area contributed by atoms with Gasteiger partial charge in [0.2, 0.25) is 0 Å². The van der Waals surface area contributed by atoms with Gasteiger partial charge in [-0.2, -0.15) is 0 Å². The third-order valence-electron chi connectivity index (χ3n) is 2.61. The Morgan fingerprint density at radius 3 is 3.06 bits per heavy atom. The van der Waals surface area contributed by atoms with Gasteiger partial charge in [-0.25, -0.2) is 9.59 Å². The quantitative estimate of drug-likeness (QED) is 0.808. The Kier molecular flexibility index (Phi) is 3.31. The molecule has 0 saturated carbocycles. The van der Waals surface area contributed by atoms with Crippen molar-refractivity contribution in [2.45, 2.75) is 13.0 Å². The molecule has 1 aromatic rings. The van der Waals surface area contributed by atoms with Crippen molar-refractivity contribution in [3.63, 3.8) is 0 Å². The summed E-state index contributed by atoms with van der Waals surface area (Å²) >= 11 is 0. The van der Waals surface area contributed by atoms with Crippen LogP contribution in [0.2, 0.25) is 0 Å². The third kappa shape index (κ3) is 2.20. The highest BCUT2D eigenvalue weighted by molar-refractivity contribution is 5.87. The molecule has 0 radical (unpaired) electrons. The standard InChI is InChI=1S/C11H12N2O5/c1-2-5-17-11(16)13-4-3-8-7(6-13)9(10(14)15)12-18-8/h2H,1,3-6H2,(H,14,15). The van der Waals surface area contributed by atoms with Crippen LogP contribution in [0.4, 0.5) is 4.79 Å². The molecule has 0 saturated heterocycles. The van der Waals surface area contributed by atoms with Crippen molar-refractivity contribution < 1.29 is 24.0 Å². The van der Waals surface area contributed by atoms with E-state index in [2.05, 4.69) is 11.7 Å². The molecule has 0 fully saturated rings. The number of nitrogens with zero attached hydrogens (tertiary/aromatic N) is 2. The third-order valence-corrected chi connectivity index (χ3v) is 2.61. The van der Waals surface area contributed by atoms with Crippen LogP contribution in [0.5, 0.6) is 0 Å². The van der Waals surface area contributed by atoms with Gasteiger partial charge >= 0.3 is 12.1 Å². The van der Waals surface area contributed by atoms with E-state index in [0.717, 1.165) is 0 Å². The lowest BCUT2D eigenvalue weighted by molar-refractivity contribution is 0.0682. The summed E-state index contributed by atoms with van der Waals surface area (Å²) in [5.74, 6) is -0.651. The molecule has 96 valence electrons. The average molecular weight is 252 g/mol. The fraction of sp³-hybridized carbons (Fsp3) is 0.364. The number of fused-ring (bicyclic) bond motifs is 1. The number of rotatable bonds is 3. The average Bonchev–Trinajstić information content (AvgIpc) is 2.78. The summed E-state index contributed by atoms with van der Waals surface area (Å²) in [6.07, 6.45) is 1.40. The van der Waals surface area contributed by atoms with E-state index in [1.807, 2.05) is 0 Å². The first-order valence-electron chi connectivity index (χ1n) is 5.36. The van der Waals surface area contributed by atoms with Crippen LogP contribution >= 0.6 is 0 Å². The Balaban J connectivity index is 2.13. The van der Waals surface area contributed by atoms with Crippen molar-refractivity contribution >= 4 is 12.1 Å². The summed E-state index contributed by atoms with van der Waals surface area (Å²) in [6, 6.07) is 0. The van der Waals surface area contributed by atoms with Gasteiger partial charge in [0.25, 0.3) is 0 Å². The molecule has 0 bridgehead atoms. The number of aromatic carboxylic acids is 1. The van der Waals surface area contributed by atoms with E-state index in [0.29, 0.717) is 24.3 Å². The first kappa shape index (κ1) is 12.2. The molecule has 0 aliphatic carbocycles. The molecule has 0 aromatic carbocycles. The van der Waals surface area contributed by atoms with E-state index in [1.54, 1.807) is 0 Å². The number of aromatic nitrogens is 1. The summed E-state index contributed by atoms with van der Waals surface area (Å²) in [6.45, 7) is 4.12. The Morgan fingerprint density at radius 2 is 2.39 bits per heavy atom. The Hall–Kier alpha value is -2.31. The predicted octanol–water partition coefficient (Wildman–Crippen LogP) is 1.05. The maximum Gasteiger partial charge on any atom is 0.410 e. The van der Waals surface area contributed by atoms with Crippen LogP contribution in [0.3, 0.4) is 0 Å². The minimum atomic E-state index is -1.17. The lowest BCUT2D eigenvalue weighted by Crippen LogP contribution is -2.36. The van der Waals surface area contributed by atoms with Crippen LogP contribution in [-0.4, -0.2) is 40.4 Å². The van der Waals surface area contributed by atoms with Crippen molar-refractivity contribution in [3.05, 3.63) is 29.7 Å². The van der Waals surface area contributed by atoms with Gasteiger partial charge in [0.15, 0.2) is 5.69 Å². The molecule has 2 heterocycles. The smallest absolute Gasteiger partial charge is 0.410 e. The highest BCUT2D eigenvalue weighted by Crippen LogP contribution is 2.22. The Labute approximate surface area is 103 Å². The number of carboxylic acids is 1. The van der Waals surface area contributed by atoms with Gasteiger partial charge in [-0.05, 0) is 0 Å². The number of carboxylic acid groups (broad SMARTS) is 1. The van der Waals surface area contributed by atoms with E-state index >= 15 is 0 Å². The highest BCUT2D eigenvalue weighted by atomic mass is 16.6. The van der Waals surface area contributed by atoms with Crippen LogP contribution in [0, 0.1) is 0 Å². The summed E-state index contributed by atoms with van der Waals surface area (Å²) in [5, 5.41) is 12.4. The minimum absolute atomic E-state index is 0.123. The van der Waals surface area contributed by atoms with E-state index in [4.69, 9.17) is 14.4 Å². The molecule has 0 atom stereocenters. The number of amides is 1. The molecule has 18 heavy (non-hydrogen) atoms. The second-order valence-electron chi connectivity index (χ2n) is 3.78. The molecule has 1 amide bonds. The van der Waals surface area contributed by atoms with Crippen LogP contribution in [0.1, 0.15) is 21.8 Å². The van der Waals surface area contributed by atoms with Gasteiger partial charge in [0.05, 0.1) is 6.54 Å². The zero-order valence-electron chi connectivity index (χ0n) is 9.59. The van der Waals surface area contributed by atoms with Gasteiger partial charge in [-0.1, -0.05) is 17.8 Å². The summed E-state index contributed by atoms with van der Waals surface area (Å²) < 4.78 is 9.82. The first-order valence-corrected chi connectivity index (χ1v) is 5.36. The molecule has 7 heteroatoms. The lowest BCUT2D eigenvalue weighted by Gasteiger charge is -2.24. The van der Waals surface area contributed by atoms with Crippen LogP contribution < -0.4 is 0 Å². The van der Waals surface area contributed by atoms with Crippen molar-refractivity contribution in [2.24, 2.45) is 0 Å². The molecule has 1 aromatic heterocycles. The summed E-state index contributed by atoms with van der Waals surface area (Å²) in [7, 11) is 0. The van der Waals surface area contributed by atoms with Crippen molar-refractivity contribution in [1.29, 1.82) is 0 Å². The van der Waals surface area contributed by atoms with Gasteiger partial charge in [-0.3, -0.25) is 0 Å². The number of hydrogen-bond acceptors (Lipinski definition) is 5. The maximum atomic E-state index is 11.6. The molecule has 1 N–H and O–H groups in total. The Bertz CT molecular complexity index is 494. The predicted molar refractivity (Wildman–Crippen MR) is 59.1 cm³/mol. The second-order valence-corrected chi connectivity index (χ2v) is 3.78. The highest BCUT2D eigenvalue weighted by Gasteiger charge is 2.29. The van der Waals surface area contributed by atoms with Crippen LogP contribution in [0.15, 0.2) is 17.2 Å². The van der Waals surface area contributed by atoms with Gasteiger partial charge in [-0.15, -0.1) is 0 Å². The SMILES string of the molecule is C=CCOC(=O)N1CCc2onc(C(=O)O)c2C1. The van der Waals surface area contributed by atoms with Crippen molar-refractivity contribution in [2.75, 3.05) is 13.2 Å². The van der Waals surface area contributed by atoms with E-state index in [9.17, 15) is 9.59 Å². The number of hydrogen-bond donors (Lipinski definition) is 1. The van der Waals surface area contributed by atoms with Gasteiger partial charge < -0.3 is 19.3 Å². The van der Waals surface area contributed by atoms with E-state index in [-0.39, 0.29) is 18.8 Å². The second kappa shape index (κ2) is 4.91. The molecular formula is C11H12N2O5. The zero-order chi connectivity index (χ0) is 13.1. The zero-order valence-corrected chi connectivity index (χ0v) is 9.59. The number of ether oxygens (including phenoxy) is 1. The summed E-state index contributed by atoms with van der Waals surface area (Å²) in [5.41, 5.74) is 0.288. The van der Waals surface area contributed by atoms with Crippen LogP contribution in [-0.2, 0) is 17.7 Å². The topological polar surface area (TPSA) is 92.9 Å². The lowest BCUT2D eigenvalue weighted by atomic mass is 10.1. The molecule has 2 rings (SSSR count). The van der Waals surface area contributed by atoms with Crippen molar-refractivity contribution in [1.82, 2.24) is 10.1 Å². The number of carbonyl (C=O) groups is 2. The van der Waals surface area contributed by atoms with Crippen molar-refractivity contribution in [3.8, 4) is 0 Å². The van der Waals surface area contributed by atoms with E-state index < -0.39 is 12.1 Å². The molecule has 1 aliphatic heterocycles. The molecule has 1 aliphatic rings.